The molecule has 1 rings (SSSR count). The molecule has 0 saturated heterocycles. The van der Waals surface area contributed by atoms with Gasteiger partial charge in [0.05, 0.1) is 12.7 Å². The number of likely N-dealkylation sites (N-methyl/N-ethyl adjacent to an activating group) is 1. The fourth-order valence-corrected chi connectivity index (χ4v) is 2.04. The molecule has 1 aliphatic rings. The molecule has 1 atom stereocenters. The van der Waals surface area contributed by atoms with Crippen LogP contribution in [0.1, 0.15) is 46.5 Å². The third kappa shape index (κ3) is 7.02. The van der Waals surface area contributed by atoms with Crippen LogP contribution in [0.3, 0.4) is 0 Å². The van der Waals surface area contributed by atoms with Crippen LogP contribution in [0.25, 0.3) is 0 Å². The van der Waals surface area contributed by atoms with Gasteiger partial charge in [-0.1, -0.05) is 27.2 Å². The summed E-state index contributed by atoms with van der Waals surface area (Å²) in [4.78, 5) is 2.41. The fraction of sp³-hybridized carbons (Fsp3) is 1.00. The third-order valence-electron chi connectivity index (χ3n) is 3.48. The van der Waals surface area contributed by atoms with Crippen LogP contribution >= 0.6 is 0 Å². The van der Waals surface area contributed by atoms with Crippen molar-refractivity contribution in [2.75, 3.05) is 32.8 Å². The summed E-state index contributed by atoms with van der Waals surface area (Å²) in [7, 11) is 0. The second kappa shape index (κ2) is 8.90. The maximum Gasteiger partial charge on any atom is 0.0700 e. The van der Waals surface area contributed by atoms with Gasteiger partial charge in [-0.15, -0.1) is 0 Å². The van der Waals surface area contributed by atoms with Gasteiger partial charge in [0.25, 0.3) is 0 Å². The third-order valence-corrected chi connectivity index (χ3v) is 3.48. The van der Waals surface area contributed by atoms with Crippen LogP contribution in [0.5, 0.6) is 0 Å². The highest BCUT2D eigenvalue weighted by Crippen LogP contribution is 2.18. The Balaban J connectivity index is 2.08. The lowest BCUT2D eigenvalue weighted by molar-refractivity contribution is 0.0335. The normalized spacial score (nSPS) is 17.6. The highest BCUT2D eigenvalue weighted by molar-refractivity contribution is 4.82. The second-order valence-electron chi connectivity index (χ2n) is 4.99. The molecule has 0 aromatic heterocycles. The van der Waals surface area contributed by atoms with E-state index >= 15 is 0 Å². The van der Waals surface area contributed by atoms with Gasteiger partial charge in [-0.25, -0.2) is 0 Å². The Bertz CT molecular complexity index is 179. The number of ether oxygens (including phenoxy) is 1. The van der Waals surface area contributed by atoms with E-state index in [1.807, 2.05) is 0 Å². The van der Waals surface area contributed by atoms with E-state index in [0.29, 0.717) is 6.10 Å². The van der Waals surface area contributed by atoms with Gasteiger partial charge < -0.3 is 15.0 Å². The van der Waals surface area contributed by atoms with Crippen molar-refractivity contribution in [1.29, 1.82) is 0 Å². The van der Waals surface area contributed by atoms with E-state index in [2.05, 4.69) is 31.0 Å². The first-order valence-corrected chi connectivity index (χ1v) is 7.37. The van der Waals surface area contributed by atoms with Crippen LogP contribution in [-0.4, -0.2) is 49.8 Å². The van der Waals surface area contributed by atoms with Crippen LogP contribution in [0.15, 0.2) is 0 Å². The van der Waals surface area contributed by atoms with Gasteiger partial charge in [0.1, 0.15) is 0 Å². The Hall–Kier alpha value is -0.120. The summed E-state index contributed by atoms with van der Waals surface area (Å²) in [5.74, 6) is 0. The molecule has 0 aromatic rings. The summed E-state index contributed by atoms with van der Waals surface area (Å²) in [5.41, 5.74) is 0. The van der Waals surface area contributed by atoms with Crippen molar-refractivity contribution < 1.29 is 4.74 Å². The molecule has 0 heterocycles. The monoisotopic (exact) mass is 242 g/mol. The minimum Gasteiger partial charge on any atom is -0.376 e. The lowest BCUT2D eigenvalue weighted by Crippen LogP contribution is -2.33. The minimum absolute atomic E-state index is 0.413. The summed E-state index contributed by atoms with van der Waals surface area (Å²) in [6.45, 7) is 11.9. The van der Waals surface area contributed by atoms with Gasteiger partial charge in [-0.05, 0) is 32.4 Å². The van der Waals surface area contributed by atoms with Crippen LogP contribution in [-0.2, 0) is 4.74 Å². The van der Waals surface area contributed by atoms with Crippen molar-refractivity contribution in [3.05, 3.63) is 0 Å². The SMILES string of the molecule is CCCC(CNC1CC1)OCCN(CC)CC. The highest BCUT2D eigenvalue weighted by atomic mass is 16.5. The summed E-state index contributed by atoms with van der Waals surface area (Å²) >= 11 is 0. The van der Waals surface area contributed by atoms with Crippen molar-refractivity contribution in [2.24, 2.45) is 0 Å². The molecular weight excluding hydrogens is 212 g/mol. The Morgan fingerprint density at radius 1 is 1.24 bits per heavy atom. The first-order valence-electron chi connectivity index (χ1n) is 7.37. The van der Waals surface area contributed by atoms with Gasteiger partial charge in [0.15, 0.2) is 0 Å². The van der Waals surface area contributed by atoms with E-state index in [1.54, 1.807) is 0 Å². The molecule has 3 heteroatoms. The molecule has 1 saturated carbocycles. The molecular formula is C14H30N2O. The predicted molar refractivity (Wildman–Crippen MR) is 73.5 cm³/mol. The van der Waals surface area contributed by atoms with Gasteiger partial charge in [-0.2, -0.15) is 0 Å². The highest BCUT2D eigenvalue weighted by Gasteiger charge is 2.21. The summed E-state index contributed by atoms with van der Waals surface area (Å²) in [5, 5.41) is 3.57. The molecule has 1 aliphatic carbocycles. The summed E-state index contributed by atoms with van der Waals surface area (Å²) in [6, 6.07) is 0.792. The molecule has 0 spiro atoms. The quantitative estimate of drug-likeness (QED) is 0.601. The van der Waals surface area contributed by atoms with Gasteiger partial charge in [0.2, 0.25) is 0 Å². The number of nitrogens with zero attached hydrogens (tertiary/aromatic N) is 1. The van der Waals surface area contributed by atoms with Crippen LogP contribution < -0.4 is 5.32 Å². The molecule has 1 unspecified atom stereocenters. The number of hydrogen-bond acceptors (Lipinski definition) is 3. The molecule has 17 heavy (non-hydrogen) atoms. The molecule has 0 radical (unpaired) electrons. The summed E-state index contributed by atoms with van der Waals surface area (Å²) in [6.07, 6.45) is 5.52. The van der Waals surface area contributed by atoms with Crippen LogP contribution in [0, 0.1) is 0 Å². The molecule has 102 valence electrons. The van der Waals surface area contributed by atoms with Crippen molar-refractivity contribution in [3.63, 3.8) is 0 Å². The van der Waals surface area contributed by atoms with Crippen LogP contribution in [0.4, 0.5) is 0 Å². The molecule has 0 aliphatic heterocycles. The predicted octanol–water partition coefficient (Wildman–Crippen LogP) is 2.27. The lowest BCUT2D eigenvalue weighted by Gasteiger charge is -2.22. The van der Waals surface area contributed by atoms with Crippen molar-refractivity contribution >= 4 is 0 Å². The average molecular weight is 242 g/mol. The van der Waals surface area contributed by atoms with Crippen molar-refractivity contribution in [1.82, 2.24) is 10.2 Å². The van der Waals surface area contributed by atoms with E-state index in [9.17, 15) is 0 Å². The first-order chi connectivity index (χ1) is 8.30. The molecule has 3 nitrogen and oxygen atoms in total. The van der Waals surface area contributed by atoms with Gasteiger partial charge in [0, 0.05) is 19.1 Å². The van der Waals surface area contributed by atoms with E-state index in [-0.39, 0.29) is 0 Å². The van der Waals surface area contributed by atoms with Crippen molar-refractivity contribution in [3.8, 4) is 0 Å². The Labute approximate surface area is 107 Å². The van der Waals surface area contributed by atoms with Crippen molar-refractivity contribution in [2.45, 2.75) is 58.6 Å². The van der Waals surface area contributed by atoms with E-state index < -0.39 is 0 Å². The Morgan fingerprint density at radius 2 is 1.94 bits per heavy atom. The molecule has 0 aromatic carbocycles. The number of hydrogen-bond donors (Lipinski definition) is 1. The van der Waals surface area contributed by atoms with Gasteiger partial charge >= 0.3 is 0 Å². The van der Waals surface area contributed by atoms with E-state index in [4.69, 9.17) is 4.74 Å². The largest absolute Gasteiger partial charge is 0.376 e. The Kier molecular flexibility index (Phi) is 7.82. The maximum atomic E-state index is 5.99. The van der Waals surface area contributed by atoms with Crippen LogP contribution in [0.2, 0.25) is 0 Å². The van der Waals surface area contributed by atoms with E-state index in [1.165, 1.54) is 25.7 Å². The van der Waals surface area contributed by atoms with E-state index in [0.717, 1.165) is 38.8 Å². The number of rotatable bonds is 11. The van der Waals surface area contributed by atoms with Gasteiger partial charge in [-0.3, -0.25) is 0 Å². The second-order valence-corrected chi connectivity index (χ2v) is 4.99. The molecule has 0 bridgehead atoms. The smallest absolute Gasteiger partial charge is 0.0700 e. The zero-order chi connectivity index (χ0) is 12.5. The maximum absolute atomic E-state index is 5.99. The zero-order valence-corrected chi connectivity index (χ0v) is 11.9. The zero-order valence-electron chi connectivity index (χ0n) is 11.9. The molecule has 1 fully saturated rings. The number of nitrogens with one attached hydrogen (secondary N) is 1. The molecule has 1 N–H and O–H groups in total. The standard InChI is InChI=1S/C14H30N2O/c1-4-7-14(12-15-13-8-9-13)17-11-10-16(5-2)6-3/h13-15H,4-12H2,1-3H3. The minimum atomic E-state index is 0.413. The Morgan fingerprint density at radius 3 is 2.47 bits per heavy atom. The molecule has 0 amide bonds. The summed E-state index contributed by atoms with van der Waals surface area (Å²) < 4.78 is 5.99. The fourth-order valence-electron chi connectivity index (χ4n) is 2.04. The first kappa shape index (κ1) is 14.9. The topological polar surface area (TPSA) is 24.5 Å². The average Bonchev–Trinajstić information content (AvgIpc) is 3.15. The lowest BCUT2D eigenvalue weighted by atomic mass is 10.2.